The van der Waals surface area contributed by atoms with Crippen LogP contribution < -0.4 is 19.7 Å². The van der Waals surface area contributed by atoms with Crippen LogP contribution in [0, 0.1) is 5.92 Å². The maximum atomic E-state index is 13.2. The Kier molecular flexibility index (Phi) is 7.73. The Labute approximate surface area is 201 Å². The van der Waals surface area contributed by atoms with Gasteiger partial charge in [-0.1, -0.05) is 24.3 Å². The van der Waals surface area contributed by atoms with Crippen LogP contribution in [0.1, 0.15) is 38.7 Å². The van der Waals surface area contributed by atoms with Gasteiger partial charge in [-0.2, -0.15) is 0 Å². The first kappa shape index (κ1) is 24.1. The molecule has 1 unspecified atom stereocenters. The average Bonchev–Trinajstić information content (AvgIpc) is 3.26. The Balaban J connectivity index is 1.44. The minimum Gasteiger partial charge on any atom is -0.494 e. The number of carbonyl (C=O) groups is 2. The Morgan fingerprint density at radius 2 is 1.76 bits per heavy atom. The summed E-state index contributed by atoms with van der Waals surface area (Å²) in [7, 11) is 0. The van der Waals surface area contributed by atoms with Crippen molar-refractivity contribution < 1.29 is 23.8 Å². The summed E-state index contributed by atoms with van der Waals surface area (Å²) >= 11 is 0. The lowest BCUT2D eigenvalue weighted by Gasteiger charge is -2.38. The van der Waals surface area contributed by atoms with E-state index in [0.29, 0.717) is 45.3 Å². The Morgan fingerprint density at radius 1 is 1.06 bits per heavy atom. The molecule has 4 rings (SSSR count). The number of rotatable bonds is 9. The highest BCUT2D eigenvalue weighted by molar-refractivity contribution is 6.01. The number of nitrogens with zero attached hydrogens (tertiary/aromatic N) is 1. The van der Waals surface area contributed by atoms with Gasteiger partial charge in [-0.05, 0) is 56.5 Å². The van der Waals surface area contributed by atoms with E-state index >= 15 is 0 Å². The van der Waals surface area contributed by atoms with Gasteiger partial charge in [-0.15, -0.1) is 0 Å². The van der Waals surface area contributed by atoms with E-state index in [0.717, 1.165) is 24.3 Å². The third-order valence-corrected chi connectivity index (χ3v) is 6.78. The number of hydrogen-bond donors (Lipinski definition) is 1. The Bertz CT molecular complexity index is 985. The summed E-state index contributed by atoms with van der Waals surface area (Å²) in [5, 5.41) is 3.17. The fourth-order valence-corrected chi connectivity index (χ4v) is 4.88. The van der Waals surface area contributed by atoms with Crippen molar-refractivity contribution in [1.29, 1.82) is 0 Å². The van der Waals surface area contributed by atoms with Crippen molar-refractivity contribution in [1.82, 2.24) is 5.32 Å². The summed E-state index contributed by atoms with van der Waals surface area (Å²) in [6, 6.07) is 15.6. The van der Waals surface area contributed by atoms with Crippen molar-refractivity contribution in [3.63, 3.8) is 0 Å². The molecule has 2 fully saturated rings. The second-order valence-electron chi connectivity index (χ2n) is 8.87. The number of benzene rings is 2. The fourth-order valence-electron chi connectivity index (χ4n) is 4.88. The molecule has 0 aromatic heterocycles. The van der Waals surface area contributed by atoms with Crippen LogP contribution in [-0.2, 0) is 19.7 Å². The molecule has 1 atom stereocenters. The van der Waals surface area contributed by atoms with Gasteiger partial charge >= 0.3 is 0 Å². The van der Waals surface area contributed by atoms with E-state index in [1.165, 1.54) is 5.56 Å². The largest absolute Gasteiger partial charge is 0.494 e. The number of ether oxygens (including phenoxy) is 3. The first-order chi connectivity index (χ1) is 16.6. The molecule has 34 heavy (non-hydrogen) atoms. The van der Waals surface area contributed by atoms with Crippen LogP contribution >= 0.6 is 0 Å². The number of amides is 2. The molecule has 2 heterocycles. The monoisotopic (exact) mass is 466 g/mol. The lowest BCUT2D eigenvalue weighted by atomic mass is 9.74. The molecule has 2 aliphatic rings. The molecule has 0 saturated carbocycles. The zero-order valence-electron chi connectivity index (χ0n) is 20.0. The lowest BCUT2D eigenvalue weighted by Crippen LogP contribution is -2.46. The number of para-hydroxylation sites is 2. The standard InChI is InChI=1S/C27H34N2O5/c1-3-33-22-11-9-21(10-12-22)27(13-15-32-16-14-27)19-28-26(31)20-17-25(30)29(18-20)23-7-5-6-8-24(23)34-4-2/h5-12,20H,3-4,13-19H2,1-2H3,(H,28,31). The molecule has 2 amide bonds. The van der Waals surface area contributed by atoms with E-state index < -0.39 is 0 Å². The maximum Gasteiger partial charge on any atom is 0.227 e. The van der Waals surface area contributed by atoms with Gasteiger partial charge in [-0.3, -0.25) is 9.59 Å². The number of anilines is 1. The Hall–Kier alpha value is -3.06. The molecular weight excluding hydrogens is 432 g/mol. The third kappa shape index (κ3) is 5.20. The van der Waals surface area contributed by atoms with Crippen molar-refractivity contribution in [2.24, 2.45) is 5.92 Å². The SMILES string of the molecule is CCOc1ccc(C2(CNC(=O)C3CC(=O)N(c4ccccc4OCC)C3)CCOCC2)cc1. The number of hydrogen-bond acceptors (Lipinski definition) is 5. The zero-order chi connectivity index (χ0) is 24.0. The quantitative estimate of drug-likeness (QED) is 0.610. The normalized spacial score (nSPS) is 19.6. The summed E-state index contributed by atoms with van der Waals surface area (Å²) in [5.41, 5.74) is 1.71. The van der Waals surface area contributed by atoms with Crippen molar-refractivity contribution in [3.05, 3.63) is 54.1 Å². The first-order valence-electron chi connectivity index (χ1n) is 12.2. The predicted molar refractivity (Wildman–Crippen MR) is 130 cm³/mol. The second-order valence-corrected chi connectivity index (χ2v) is 8.87. The minimum atomic E-state index is -0.389. The van der Waals surface area contributed by atoms with Crippen LogP contribution in [0.15, 0.2) is 48.5 Å². The average molecular weight is 467 g/mol. The molecule has 1 N–H and O–H groups in total. The van der Waals surface area contributed by atoms with E-state index in [1.807, 2.05) is 50.2 Å². The molecule has 0 radical (unpaired) electrons. The molecular formula is C27H34N2O5. The fraction of sp³-hybridized carbons (Fsp3) is 0.481. The predicted octanol–water partition coefficient (Wildman–Crippen LogP) is 3.70. The van der Waals surface area contributed by atoms with Crippen LogP contribution in [0.4, 0.5) is 5.69 Å². The van der Waals surface area contributed by atoms with E-state index in [9.17, 15) is 9.59 Å². The van der Waals surface area contributed by atoms with Gasteiger partial charge < -0.3 is 24.4 Å². The smallest absolute Gasteiger partial charge is 0.227 e. The summed E-state index contributed by atoms with van der Waals surface area (Å²) in [5.74, 6) is 0.978. The van der Waals surface area contributed by atoms with E-state index in [-0.39, 0.29) is 29.6 Å². The van der Waals surface area contributed by atoms with Crippen LogP contribution in [0.5, 0.6) is 11.5 Å². The summed E-state index contributed by atoms with van der Waals surface area (Å²) in [4.78, 5) is 27.6. The van der Waals surface area contributed by atoms with E-state index in [1.54, 1.807) is 4.90 Å². The lowest BCUT2D eigenvalue weighted by molar-refractivity contribution is -0.126. The van der Waals surface area contributed by atoms with Gasteiger partial charge in [0.05, 0.1) is 24.8 Å². The zero-order valence-corrected chi connectivity index (χ0v) is 20.0. The number of carbonyl (C=O) groups excluding carboxylic acids is 2. The van der Waals surface area contributed by atoms with Crippen molar-refractivity contribution in [2.45, 2.75) is 38.5 Å². The molecule has 0 spiro atoms. The molecule has 0 aliphatic carbocycles. The summed E-state index contributed by atoms with van der Waals surface area (Å²) < 4.78 is 16.9. The highest BCUT2D eigenvalue weighted by Crippen LogP contribution is 2.36. The van der Waals surface area contributed by atoms with Gasteiger partial charge in [0.25, 0.3) is 0 Å². The highest BCUT2D eigenvalue weighted by atomic mass is 16.5. The molecule has 2 saturated heterocycles. The molecule has 7 heteroatoms. The molecule has 7 nitrogen and oxygen atoms in total. The van der Waals surface area contributed by atoms with Gasteiger partial charge in [0, 0.05) is 38.1 Å². The van der Waals surface area contributed by atoms with Gasteiger partial charge in [0.2, 0.25) is 11.8 Å². The maximum absolute atomic E-state index is 13.2. The van der Waals surface area contributed by atoms with Gasteiger partial charge in [0.1, 0.15) is 11.5 Å². The minimum absolute atomic E-state index is 0.0559. The molecule has 2 aromatic rings. The van der Waals surface area contributed by atoms with E-state index in [2.05, 4.69) is 17.4 Å². The van der Waals surface area contributed by atoms with Crippen LogP contribution in [0.25, 0.3) is 0 Å². The summed E-state index contributed by atoms with van der Waals surface area (Å²) in [6.45, 7) is 7.21. The van der Waals surface area contributed by atoms with Gasteiger partial charge in [0.15, 0.2) is 0 Å². The van der Waals surface area contributed by atoms with E-state index in [4.69, 9.17) is 14.2 Å². The topological polar surface area (TPSA) is 77.1 Å². The second kappa shape index (κ2) is 10.9. The van der Waals surface area contributed by atoms with Crippen molar-refractivity contribution >= 4 is 17.5 Å². The molecule has 2 aromatic carbocycles. The summed E-state index contributed by atoms with van der Waals surface area (Å²) in [6.07, 6.45) is 1.86. The van der Waals surface area contributed by atoms with Crippen LogP contribution in [-0.4, -0.2) is 51.3 Å². The Morgan fingerprint density at radius 3 is 2.47 bits per heavy atom. The third-order valence-electron chi connectivity index (χ3n) is 6.78. The van der Waals surface area contributed by atoms with Gasteiger partial charge in [-0.25, -0.2) is 0 Å². The number of nitrogens with one attached hydrogen (secondary N) is 1. The van der Waals surface area contributed by atoms with Crippen LogP contribution in [0.2, 0.25) is 0 Å². The van der Waals surface area contributed by atoms with Crippen molar-refractivity contribution in [2.75, 3.05) is 44.4 Å². The van der Waals surface area contributed by atoms with Crippen molar-refractivity contribution in [3.8, 4) is 11.5 Å². The molecule has 0 bridgehead atoms. The highest BCUT2D eigenvalue weighted by Gasteiger charge is 2.39. The van der Waals surface area contributed by atoms with Crippen LogP contribution in [0.3, 0.4) is 0 Å². The molecule has 2 aliphatic heterocycles. The first-order valence-corrected chi connectivity index (χ1v) is 12.2. The molecule has 182 valence electrons.